The van der Waals surface area contributed by atoms with E-state index in [1.165, 1.54) is 11.1 Å². The van der Waals surface area contributed by atoms with Gasteiger partial charge in [0.15, 0.2) is 0 Å². The van der Waals surface area contributed by atoms with Crippen molar-refractivity contribution in [3.05, 3.63) is 35.4 Å². The zero-order valence-electron chi connectivity index (χ0n) is 14.2. The predicted molar refractivity (Wildman–Crippen MR) is 90.1 cm³/mol. The minimum atomic E-state index is -0.217. The van der Waals surface area contributed by atoms with Crippen LogP contribution in [0.4, 0.5) is 0 Å². The van der Waals surface area contributed by atoms with Crippen molar-refractivity contribution in [2.75, 3.05) is 13.2 Å². The molecule has 0 bridgehead atoms. The quantitative estimate of drug-likeness (QED) is 0.657. The Bertz CT molecular complexity index is 520. The smallest absolute Gasteiger partial charge is 0.307 e. The highest BCUT2D eigenvalue weighted by Crippen LogP contribution is 2.28. The van der Waals surface area contributed by atoms with Gasteiger partial charge in [0, 0.05) is 19.0 Å². The van der Waals surface area contributed by atoms with Crippen LogP contribution in [0.1, 0.15) is 50.2 Å². The van der Waals surface area contributed by atoms with Crippen molar-refractivity contribution >= 4 is 11.9 Å². The Morgan fingerprint density at radius 1 is 1.17 bits per heavy atom. The van der Waals surface area contributed by atoms with Crippen LogP contribution in [-0.2, 0) is 20.7 Å². The van der Waals surface area contributed by atoms with Gasteiger partial charge in [-0.15, -0.1) is 0 Å². The maximum Gasteiger partial charge on any atom is 0.307 e. The molecule has 23 heavy (non-hydrogen) atoms. The lowest BCUT2D eigenvalue weighted by Gasteiger charge is -2.22. The first-order chi connectivity index (χ1) is 11.1. The van der Waals surface area contributed by atoms with Crippen LogP contribution in [-0.4, -0.2) is 36.0 Å². The number of benzene rings is 1. The van der Waals surface area contributed by atoms with Crippen LogP contribution in [0.25, 0.3) is 0 Å². The number of hydrogen-bond donors (Lipinski definition) is 0. The Labute approximate surface area is 138 Å². The van der Waals surface area contributed by atoms with Gasteiger partial charge in [0.25, 0.3) is 0 Å². The van der Waals surface area contributed by atoms with Crippen LogP contribution in [0.2, 0.25) is 0 Å². The first-order valence-electron chi connectivity index (χ1n) is 8.60. The number of carbonyl (C=O) groups excluding carboxylic acids is 2. The SMILES string of the molecule is CCOC(=O)CCN(C(=O)CCCc1ccc(C)cc1)C1CC1. The molecule has 1 aromatic carbocycles. The second-order valence-corrected chi connectivity index (χ2v) is 6.21. The van der Waals surface area contributed by atoms with Gasteiger partial charge in [0.2, 0.25) is 5.91 Å². The minimum absolute atomic E-state index is 0.170. The topological polar surface area (TPSA) is 46.6 Å². The summed E-state index contributed by atoms with van der Waals surface area (Å²) in [6.45, 7) is 4.76. The fraction of sp³-hybridized carbons (Fsp3) is 0.579. The van der Waals surface area contributed by atoms with Gasteiger partial charge in [-0.05, 0) is 45.1 Å². The van der Waals surface area contributed by atoms with Gasteiger partial charge in [0.1, 0.15) is 0 Å². The monoisotopic (exact) mass is 317 g/mol. The highest BCUT2D eigenvalue weighted by molar-refractivity contribution is 5.78. The molecule has 0 unspecified atom stereocenters. The van der Waals surface area contributed by atoms with Crippen LogP contribution in [0.15, 0.2) is 24.3 Å². The standard InChI is InChI=1S/C19H27NO3/c1-3-23-19(22)13-14-20(17-11-12-17)18(21)6-4-5-16-9-7-15(2)8-10-16/h7-10,17H,3-6,11-14H2,1-2H3. The molecular weight excluding hydrogens is 290 g/mol. The van der Waals surface area contributed by atoms with Crippen LogP contribution in [0.3, 0.4) is 0 Å². The molecule has 1 aliphatic rings. The van der Waals surface area contributed by atoms with Crippen LogP contribution < -0.4 is 0 Å². The summed E-state index contributed by atoms with van der Waals surface area (Å²) in [5.74, 6) is -0.0467. The zero-order valence-corrected chi connectivity index (χ0v) is 14.2. The Balaban J connectivity index is 1.74. The average Bonchev–Trinajstić information content (AvgIpc) is 3.34. The number of ether oxygens (including phenoxy) is 1. The molecule has 1 fully saturated rings. The van der Waals surface area contributed by atoms with E-state index in [1.807, 2.05) is 4.90 Å². The molecular formula is C19H27NO3. The van der Waals surface area contributed by atoms with Gasteiger partial charge in [-0.2, -0.15) is 0 Å². The molecule has 1 aliphatic carbocycles. The molecule has 0 aromatic heterocycles. The van der Waals surface area contributed by atoms with E-state index < -0.39 is 0 Å². The number of rotatable bonds is 9. The zero-order chi connectivity index (χ0) is 16.7. The molecule has 0 atom stereocenters. The Morgan fingerprint density at radius 3 is 2.48 bits per heavy atom. The third kappa shape index (κ3) is 6.05. The van der Waals surface area contributed by atoms with Crippen LogP contribution in [0, 0.1) is 6.92 Å². The summed E-state index contributed by atoms with van der Waals surface area (Å²) in [5.41, 5.74) is 2.52. The highest BCUT2D eigenvalue weighted by Gasteiger charge is 2.32. The molecule has 0 heterocycles. The average molecular weight is 317 g/mol. The number of carbonyl (C=O) groups is 2. The molecule has 0 N–H and O–H groups in total. The van der Waals surface area contributed by atoms with E-state index in [1.54, 1.807) is 6.92 Å². The third-order valence-corrected chi connectivity index (χ3v) is 4.15. The van der Waals surface area contributed by atoms with E-state index in [-0.39, 0.29) is 11.9 Å². The lowest BCUT2D eigenvalue weighted by atomic mass is 10.1. The molecule has 1 amide bonds. The Morgan fingerprint density at radius 2 is 1.87 bits per heavy atom. The van der Waals surface area contributed by atoms with Crippen molar-refractivity contribution in [3.63, 3.8) is 0 Å². The fourth-order valence-corrected chi connectivity index (χ4v) is 2.68. The van der Waals surface area contributed by atoms with Crippen molar-refractivity contribution in [2.24, 2.45) is 0 Å². The van der Waals surface area contributed by atoms with E-state index in [0.29, 0.717) is 32.0 Å². The van der Waals surface area contributed by atoms with Gasteiger partial charge in [-0.3, -0.25) is 9.59 Å². The minimum Gasteiger partial charge on any atom is -0.466 e. The van der Waals surface area contributed by atoms with E-state index >= 15 is 0 Å². The van der Waals surface area contributed by atoms with Gasteiger partial charge >= 0.3 is 5.97 Å². The van der Waals surface area contributed by atoms with Crippen molar-refractivity contribution in [3.8, 4) is 0 Å². The predicted octanol–water partition coefficient (Wildman–Crippen LogP) is 3.26. The summed E-state index contributed by atoms with van der Waals surface area (Å²) >= 11 is 0. The summed E-state index contributed by atoms with van der Waals surface area (Å²) in [7, 11) is 0. The first kappa shape index (κ1) is 17.5. The number of nitrogens with zero attached hydrogens (tertiary/aromatic N) is 1. The van der Waals surface area contributed by atoms with Gasteiger partial charge in [-0.25, -0.2) is 0 Å². The molecule has 4 nitrogen and oxygen atoms in total. The number of amides is 1. The van der Waals surface area contributed by atoms with Gasteiger partial charge < -0.3 is 9.64 Å². The maximum absolute atomic E-state index is 12.4. The van der Waals surface area contributed by atoms with Crippen molar-refractivity contribution in [1.29, 1.82) is 0 Å². The van der Waals surface area contributed by atoms with E-state index in [9.17, 15) is 9.59 Å². The number of esters is 1. The Kier molecular flexibility index (Phi) is 6.63. The summed E-state index contributed by atoms with van der Waals surface area (Å²) in [5, 5.41) is 0. The maximum atomic E-state index is 12.4. The van der Waals surface area contributed by atoms with Crippen LogP contribution >= 0.6 is 0 Å². The van der Waals surface area contributed by atoms with Crippen molar-refractivity contribution < 1.29 is 14.3 Å². The molecule has 0 saturated heterocycles. The molecule has 1 aromatic rings. The van der Waals surface area contributed by atoms with Gasteiger partial charge in [0.05, 0.1) is 13.0 Å². The van der Waals surface area contributed by atoms with E-state index in [4.69, 9.17) is 4.74 Å². The lowest BCUT2D eigenvalue weighted by molar-refractivity contribution is -0.144. The largest absolute Gasteiger partial charge is 0.466 e. The second-order valence-electron chi connectivity index (χ2n) is 6.21. The Hall–Kier alpha value is -1.84. The molecule has 2 rings (SSSR count). The highest BCUT2D eigenvalue weighted by atomic mass is 16.5. The first-order valence-corrected chi connectivity index (χ1v) is 8.60. The number of hydrogen-bond acceptors (Lipinski definition) is 3. The summed E-state index contributed by atoms with van der Waals surface area (Å²) < 4.78 is 4.94. The van der Waals surface area contributed by atoms with E-state index in [2.05, 4.69) is 31.2 Å². The molecule has 1 saturated carbocycles. The second kappa shape index (κ2) is 8.70. The molecule has 126 valence electrons. The summed E-state index contributed by atoms with van der Waals surface area (Å²) in [6.07, 6.45) is 4.74. The van der Waals surface area contributed by atoms with E-state index in [0.717, 1.165) is 25.7 Å². The molecule has 0 radical (unpaired) electrons. The fourth-order valence-electron chi connectivity index (χ4n) is 2.68. The number of aryl methyl sites for hydroxylation is 2. The normalized spacial score (nSPS) is 13.7. The van der Waals surface area contributed by atoms with Crippen molar-refractivity contribution in [1.82, 2.24) is 4.90 Å². The molecule has 0 spiro atoms. The summed E-state index contributed by atoms with van der Waals surface area (Å²) in [4.78, 5) is 25.8. The lowest BCUT2D eigenvalue weighted by Crippen LogP contribution is -2.35. The summed E-state index contributed by atoms with van der Waals surface area (Å²) in [6, 6.07) is 8.80. The van der Waals surface area contributed by atoms with Crippen LogP contribution in [0.5, 0.6) is 0 Å². The van der Waals surface area contributed by atoms with Crippen molar-refractivity contribution in [2.45, 2.75) is 58.4 Å². The third-order valence-electron chi connectivity index (χ3n) is 4.15. The molecule has 4 heteroatoms. The van der Waals surface area contributed by atoms with Gasteiger partial charge in [-0.1, -0.05) is 29.8 Å². The molecule has 0 aliphatic heterocycles.